The number of aryl methyl sites for hydroxylation is 1. The van der Waals surface area contributed by atoms with Gasteiger partial charge in [0.1, 0.15) is 5.75 Å². The summed E-state index contributed by atoms with van der Waals surface area (Å²) in [6.45, 7) is 1.92. The molecule has 1 aliphatic heterocycles. The molecule has 0 radical (unpaired) electrons. The molecule has 1 atom stereocenters. The highest BCUT2D eigenvalue weighted by atomic mass is 32.2. The zero-order chi connectivity index (χ0) is 9.97. The Labute approximate surface area is 88.7 Å². The second-order valence-electron chi connectivity index (χ2n) is 3.71. The fourth-order valence-electron chi connectivity index (χ4n) is 1.63. The summed E-state index contributed by atoms with van der Waals surface area (Å²) in [5.74, 6) is 2.82. The second kappa shape index (κ2) is 4.13. The van der Waals surface area contributed by atoms with E-state index >= 15 is 0 Å². The highest BCUT2D eigenvalue weighted by Gasteiger charge is 2.14. The summed E-state index contributed by atoms with van der Waals surface area (Å²) in [7, 11) is 0. The van der Waals surface area contributed by atoms with Gasteiger partial charge in [-0.1, -0.05) is 0 Å². The van der Waals surface area contributed by atoms with Gasteiger partial charge in [-0.15, -0.1) is 0 Å². The van der Waals surface area contributed by atoms with E-state index in [9.17, 15) is 5.11 Å². The number of phenolic OH excluding ortho intramolecular Hbond substituents is 1. The minimum atomic E-state index is 0.372. The van der Waals surface area contributed by atoms with Crippen molar-refractivity contribution in [2.45, 2.75) is 19.4 Å². The number of hydrogen-bond acceptors (Lipinski definition) is 3. The summed E-state index contributed by atoms with van der Waals surface area (Å²) in [5.41, 5.74) is 2.05. The highest BCUT2D eigenvalue weighted by Crippen LogP contribution is 2.24. The molecular weight excluding hydrogens is 194 g/mol. The van der Waals surface area contributed by atoms with Crippen molar-refractivity contribution in [2.75, 3.05) is 16.8 Å². The Balaban J connectivity index is 2.05. The number of hydrogen-bond donors (Lipinski definition) is 2. The van der Waals surface area contributed by atoms with Gasteiger partial charge in [0.15, 0.2) is 0 Å². The van der Waals surface area contributed by atoms with Crippen LogP contribution in [0.5, 0.6) is 5.75 Å². The molecule has 3 heteroatoms. The quantitative estimate of drug-likeness (QED) is 0.734. The van der Waals surface area contributed by atoms with Gasteiger partial charge in [-0.2, -0.15) is 11.8 Å². The van der Waals surface area contributed by atoms with Crippen LogP contribution in [0.4, 0.5) is 5.69 Å². The van der Waals surface area contributed by atoms with Gasteiger partial charge in [-0.05, 0) is 42.9 Å². The van der Waals surface area contributed by atoms with E-state index in [-0.39, 0.29) is 0 Å². The third kappa shape index (κ3) is 2.15. The van der Waals surface area contributed by atoms with Gasteiger partial charge in [-0.3, -0.25) is 0 Å². The van der Waals surface area contributed by atoms with Crippen molar-refractivity contribution in [1.29, 1.82) is 0 Å². The molecule has 1 aliphatic rings. The lowest BCUT2D eigenvalue weighted by Crippen LogP contribution is -2.17. The summed E-state index contributed by atoms with van der Waals surface area (Å²) >= 11 is 2.00. The van der Waals surface area contributed by atoms with Crippen LogP contribution in [0, 0.1) is 6.92 Å². The molecule has 0 aromatic heterocycles. The van der Waals surface area contributed by atoms with E-state index in [1.165, 1.54) is 17.9 Å². The number of anilines is 1. The van der Waals surface area contributed by atoms with Crippen LogP contribution in [0.1, 0.15) is 12.0 Å². The lowest BCUT2D eigenvalue weighted by atomic mass is 10.2. The van der Waals surface area contributed by atoms with E-state index in [0.29, 0.717) is 11.8 Å². The molecule has 14 heavy (non-hydrogen) atoms. The van der Waals surface area contributed by atoms with E-state index < -0.39 is 0 Å². The Hall–Kier alpha value is -0.830. The molecule has 1 aromatic carbocycles. The third-order valence-corrected chi connectivity index (χ3v) is 3.66. The van der Waals surface area contributed by atoms with E-state index in [4.69, 9.17) is 0 Å². The van der Waals surface area contributed by atoms with Gasteiger partial charge in [0.2, 0.25) is 0 Å². The van der Waals surface area contributed by atoms with E-state index in [1.807, 2.05) is 30.8 Å². The van der Waals surface area contributed by atoms with Crippen molar-refractivity contribution in [3.05, 3.63) is 23.8 Å². The average molecular weight is 209 g/mol. The van der Waals surface area contributed by atoms with Crippen molar-refractivity contribution in [3.8, 4) is 5.75 Å². The maximum absolute atomic E-state index is 9.37. The Bertz CT molecular complexity index is 321. The summed E-state index contributed by atoms with van der Waals surface area (Å²) < 4.78 is 0. The SMILES string of the molecule is Cc1cc(NC2CCSC2)ccc1O. The van der Waals surface area contributed by atoms with Crippen LogP contribution in [-0.2, 0) is 0 Å². The molecule has 76 valence electrons. The van der Waals surface area contributed by atoms with Crippen LogP contribution >= 0.6 is 11.8 Å². The number of aromatic hydroxyl groups is 1. The molecule has 1 aromatic rings. The van der Waals surface area contributed by atoms with Gasteiger partial charge in [0.25, 0.3) is 0 Å². The Morgan fingerprint density at radius 1 is 1.50 bits per heavy atom. The van der Waals surface area contributed by atoms with E-state index in [1.54, 1.807) is 6.07 Å². The van der Waals surface area contributed by atoms with Crippen molar-refractivity contribution in [3.63, 3.8) is 0 Å². The van der Waals surface area contributed by atoms with E-state index in [2.05, 4.69) is 5.32 Å². The Morgan fingerprint density at radius 3 is 3.00 bits per heavy atom. The summed E-state index contributed by atoms with van der Waals surface area (Å²) in [6.07, 6.45) is 1.24. The topological polar surface area (TPSA) is 32.3 Å². The average Bonchev–Trinajstić information content (AvgIpc) is 2.64. The Morgan fingerprint density at radius 2 is 2.36 bits per heavy atom. The lowest BCUT2D eigenvalue weighted by molar-refractivity contribution is 0.471. The van der Waals surface area contributed by atoms with Crippen molar-refractivity contribution in [2.24, 2.45) is 0 Å². The van der Waals surface area contributed by atoms with Crippen LogP contribution < -0.4 is 5.32 Å². The summed E-state index contributed by atoms with van der Waals surface area (Å²) in [5, 5.41) is 12.8. The first-order valence-electron chi connectivity index (χ1n) is 4.89. The molecule has 2 rings (SSSR count). The fourth-order valence-corrected chi connectivity index (χ4v) is 2.78. The fraction of sp³-hybridized carbons (Fsp3) is 0.455. The molecule has 1 heterocycles. The van der Waals surface area contributed by atoms with Crippen LogP contribution in [0.2, 0.25) is 0 Å². The van der Waals surface area contributed by atoms with Gasteiger partial charge in [0, 0.05) is 17.5 Å². The first-order valence-corrected chi connectivity index (χ1v) is 6.05. The largest absolute Gasteiger partial charge is 0.508 e. The maximum atomic E-state index is 9.37. The van der Waals surface area contributed by atoms with Crippen LogP contribution in [0.3, 0.4) is 0 Å². The van der Waals surface area contributed by atoms with Crippen LogP contribution in [0.25, 0.3) is 0 Å². The van der Waals surface area contributed by atoms with E-state index in [0.717, 1.165) is 11.3 Å². The highest BCUT2D eigenvalue weighted by molar-refractivity contribution is 7.99. The number of nitrogens with one attached hydrogen (secondary N) is 1. The van der Waals surface area contributed by atoms with Crippen molar-refractivity contribution < 1.29 is 5.11 Å². The molecule has 0 saturated carbocycles. The van der Waals surface area contributed by atoms with Crippen molar-refractivity contribution in [1.82, 2.24) is 0 Å². The van der Waals surface area contributed by atoms with Crippen LogP contribution in [-0.4, -0.2) is 22.7 Å². The van der Waals surface area contributed by atoms with Crippen LogP contribution in [0.15, 0.2) is 18.2 Å². The molecule has 1 unspecified atom stereocenters. The smallest absolute Gasteiger partial charge is 0.118 e. The molecule has 0 aliphatic carbocycles. The predicted molar refractivity (Wildman–Crippen MR) is 62.2 cm³/mol. The predicted octanol–water partition coefficient (Wildman–Crippen LogP) is 2.62. The lowest BCUT2D eigenvalue weighted by Gasteiger charge is -2.13. The molecule has 2 nitrogen and oxygen atoms in total. The monoisotopic (exact) mass is 209 g/mol. The maximum Gasteiger partial charge on any atom is 0.118 e. The number of phenols is 1. The summed E-state index contributed by atoms with van der Waals surface area (Å²) in [4.78, 5) is 0. The number of thioether (sulfide) groups is 1. The standard InChI is InChI=1S/C11H15NOS/c1-8-6-9(2-3-11(8)13)12-10-4-5-14-7-10/h2-3,6,10,12-13H,4-5,7H2,1H3. The minimum absolute atomic E-state index is 0.372. The molecule has 2 N–H and O–H groups in total. The van der Waals surface area contributed by atoms with Gasteiger partial charge >= 0.3 is 0 Å². The zero-order valence-corrected chi connectivity index (χ0v) is 9.10. The van der Waals surface area contributed by atoms with Gasteiger partial charge < -0.3 is 10.4 Å². The molecule has 0 amide bonds. The molecule has 0 bridgehead atoms. The summed E-state index contributed by atoms with van der Waals surface area (Å²) in [6, 6.07) is 6.28. The molecule has 1 fully saturated rings. The zero-order valence-electron chi connectivity index (χ0n) is 8.29. The molecule has 0 spiro atoms. The first kappa shape index (κ1) is 9.71. The number of benzene rings is 1. The minimum Gasteiger partial charge on any atom is -0.508 e. The van der Waals surface area contributed by atoms with Gasteiger partial charge in [-0.25, -0.2) is 0 Å². The molecule has 1 saturated heterocycles. The molecular formula is C11H15NOS. The van der Waals surface area contributed by atoms with Crippen molar-refractivity contribution >= 4 is 17.4 Å². The normalized spacial score (nSPS) is 21.1. The van der Waals surface area contributed by atoms with Gasteiger partial charge in [0.05, 0.1) is 0 Å². The Kier molecular flexibility index (Phi) is 2.87. The second-order valence-corrected chi connectivity index (χ2v) is 4.86. The third-order valence-electron chi connectivity index (χ3n) is 2.50. The number of rotatable bonds is 2. The first-order chi connectivity index (χ1) is 6.75.